The van der Waals surface area contributed by atoms with E-state index in [0.717, 1.165) is 12.1 Å². The van der Waals surface area contributed by atoms with Crippen LogP contribution in [0.15, 0.2) is 12.1 Å². The van der Waals surface area contributed by atoms with Crippen LogP contribution in [0.4, 0.5) is 5.69 Å². The van der Waals surface area contributed by atoms with Crippen LogP contribution in [0, 0.1) is 22.0 Å². The van der Waals surface area contributed by atoms with E-state index >= 15 is 0 Å². The number of aromatic hydroxyl groups is 1. The molecule has 0 unspecified atom stereocenters. The maximum atomic E-state index is 10.6. The number of phenolic OH excluding ortho intramolecular Hbond substituents is 1. The van der Waals surface area contributed by atoms with Crippen molar-refractivity contribution in [1.29, 1.82) is 0 Å². The average Bonchev–Trinajstić information content (AvgIpc) is 2.27. The van der Waals surface area contributed by atoms with Crippen LogP contribution in [0.2, 0.25) is 0 Å². The Morgan fingerprint density at radius 2 is 2.25 bits per heavy atom. The Bertz CT molecular complexity index is 502. The van der Waals surface area contributed by atoms with Crippen molar-refractivity contribution in [3.63, 3.8) is 0 Å². The molecule has 0 saturated heterocycles. The smallest absolute Gasteiger partial charge is 0.271 e. The minimum absolute atomic E-state index is 0.0655. The van der Waals surface area contributed by atoms with Crippen molar-refractivity contribution in [2.45, 2.75) is 0 Å². The summed E-state index contributed by atoms with van der Waals surface area (Å²) in [6, 6.07) is 2.12. The number of nitrogens with zero attached hydrogens (tertiary/aromatic N) is 1. The second kappa shape index (κ2) is 5.28. The van der Waals surface area contributed by atoms with Gasteiger partial charge < -0.3 is 5.11 Å². The molecule has 1 aromatic rings. The van der Waals surface area contributed by atoms with Crippen LogP contribution in [0.3, 0.4) is 0 Å². The van der Waals surface area contributed by atoms with Gasteiger partial charge in [0, 0.05) is 12.1 Å². The number of halogens is 1. The third kappa shape index (κ3) is 2.58. The van der Waals surface area contributed by atoms with Crippen LogP contribution in [0.5, 0.6) is 5.75 Å². The Morgan fingerprint density at radius 1 is 1.56 bits per heavy atom. The molecule has 0 aromatic heterocycles. The lowest BCUT2D eigenvalue weighted by Gasteiger charge is -2.00. The number of hydrogen-bond donors (Lipinski definition) is 1. The van der Waals surface area contributed by atoms with Gasteiger partial charge in [-0.15, -0.1) is 0 Å². The van der Waals surface area contributed by atoms with Gasteiger partial charge in [-0.25, -0.2) is 0 Å². The van der Waals surface area contributed by atoms with Crippen molar-refractivity contribution in [2.24, 2.45) is 0 Å². The monoisotopic (exact) mass is 283 g/mol. The summed E-state index contributed by atoms with van der Waals surface area (Å²) in [5.41, 5.74) is -0.359. The molecule has 82 valence electrons. The van der Waals surface area contributed by atoms with Crippen molar-refractivity contribution in [3.05, 3.63) is 33.4 Å². The van der Waals surface area contributed by atoms with Crippen molar-refractivity contribution < 1.29 is 14.8 Å². The Balaban J connectivity index is 3.41. The highest BCUT2D eigenvalue weighted by Gasteiger charge is 2.14. The van der Waals surface area contributed by atoms with Gasteiger partial charge >= 0.3 is 0 Å². The molecule has 0 aliphatic heterocycles. The number of aldehydes is 1. The van der Waals surface area contributed by atoms with Gasteiger partial charge in [-0.2, -0.15) is 0 Å². The SMILES string of the molecule is O=Cc1cc([N+](=O)[O-])cc(C#CCBr)c1O. The predicted octanol–water partition coefficient (Wildman–Crippen LogP) is 1.86. The third-order valence-electron chi connectivity index (χ3n) is 1.75. The molecule has 0 radical (unpaired) electrons. The predicted molar refractivity (Wildman–Crippen MR) is 60.8 cm³/mol. The van der Waals surface area contributed by atoms with Gasteiger partial charge in [0.25, 0.3) is 5.69 Å². The first-order valence-electron chi connectivity index (χ1n) is 4.11. The van der Waals surface area contributed by atoms with E-state index < -0.39 is 4.92 Å². The number of nitro benzene ring substituents is 1. The topological polar surface area (TPSA) is 80.4 Å². The Kier molecular flexibility index (Phi) is 4.03. The van der Waals surface area contributed by atoms with Gasteiger partial charge in [0.2, 0.25) is 0 Å². The molecule has 6 heteroatoms. The quantitative estimate of drug-likeness (QED) is 0.295. The van der Waals surface area contributed by atoms with E-state index in [1.165, 1.54) is 0 Å². The van der Waals surface area contributed by atoms with Gasteiger partial charge in [0.1, 0.15) is 5.75 Å². The van der Waals surface area contributed by atoms with Crippen LogP contribution in [0.25, 0.3) is 0 Å². The average molecular weight is 284 g/mol. The van der Waals surface area contributed by atoms with Gasteiger partial charge in [-0.1, -0.05) is 27.8 Å². The van der Waals surface area contributed by atoms with Crippen LogP contribution in [-0.4, -0.2) is 21.6 Å². The first-order valence-corrected chi connectivity index (χ1v) is 5.23. The zero-order chi connectivity index (χ0) is 12.1. The second-order valence-corrected chi connectivity index (χ2v) is 3.30. The van der Waals surface area contributed by atoms with E-state index in [4.69, 9.17) is 0 Å². The van der Waals surface area contributed by atoms with E-state index in [1.54, 1.807) is 0 Å². The van der Waals surface area contributed by atoms with E-state index in [1.807, 2.05) is 0 Å². The minimum Gasteiger partial charge on any atom is -0.506 e. The number of phenols is 1. The Labute approximate surface area is 99.4 Å². The summed E-state index contributed by atoms with van der Waals surface area (Å²) in [7, 11) is 0. The summed E-state index contributed by atoms with van der Waals surface area (Å²) in [6.07, 6.45) is 0.349. The highest BCUT2D eigenvalue weighted by atomic mass is 79.9. The fraction of sp³-hybridized carbons (Fsp3) is 0.100. The molecule has 16 heavy (non-hydrogen) atoms. The lowest BCUT2D eigenvalue weighted by molar-refractivity contribution is -0.384. The number of carbonyl (C=O) groups excluding carboxylic acids is 1. The number of nitro groups is 1. The summed E-state index contributed by atoms with van der Waals surface area (Å²) >= 11 is 3.06. The fourth-order valence-corrected chi connectivity index (χ4v) is 1.20. The highest BCUT2D eigenvalue weighted by Crippen LogP contribution is 2.26. The van der Waals surface area contributed by atoms with E-state index in [9.17, 15) is 20.0 Å². The highest BCUT2D eigenvalue weighted by molar-refractivity contribution is 9.09. The van der Waals surface area contributed by atoms with Crippen molar-refractivity contribution in [1.82, 2.24) is 0 Å². The molecule has 1 aromatic carbocycles. The molecular weight excluding hydrogens is 278 g/mol. The molecular formula is C10H6BrNO4. The summed E-state index contributed by atoms with van der Waals surface area (Å²) in [5, 5.41) is 20.5. The molecule has 0 spiro atoms. The Morgan fingerprint density at radius 3 is 2.75 bits per heavy atom. The lowest BCUT2D eigenvalue weighted by atomic mass is 10.1. The molecule has 0 amide bonds. The zero-order valence-electron chi connectivity index (χ0n) is 7.94. The van der Waals surface area contributed by atoms with Crippen LogP contribution >= 0.6 is 15.9 Å². The number of carbonyl (C=O) groups is 1. The minimum atomic E-state index is -0.647. The van der Waals surface area contributed by atoms with Gasteiger partial charge in [-0.3, -0.25) is 14.9 Å². The standard InChI is InChI=1S/C10H6BrNO4/c11-3-1-2-7-4-9(12(15)16)5-8(6-13)10(7)14/h4-6,14H,3H2. The lowest BCUT2D eigenvalue weighted by Crippen LogP contribution is -1.93. The number of rotatable bonds is 2. The van der Waals surface area contributed by atoms with Gasteiger partial charge in [-0.05, 0) is 0 Å². The second-order valence-electron chi connectivity index (χ2n) is 2.74. The molecule has 0 aliphatic rings. The maximum Gasteiger partial charge on any atom is 0.271 e. The molecule has 0 heterocycles. The first-order chi connectivity index (χ1) is 7.60. The molecule has 1 N–H and O–H groups in total. The number of hydrogen-bond acceptors (Lipinski definition) is 4. The number of benzene rings is 1. The van der Waals surface area contributed by atoms with Crippen LogP contribution in [-0.2, 0) is 0 Å². The number of non-ortho nitro benzene ring substituents is 1. The Hall–Kier alpha value is -1.87. The molecule has 0 bridgehead atoms. The molecule has 0 fully saturated rings. The first kappa shape index (κ1) is 12.2. The summed E-state index contributed by atoms with van der Waals surface area (Å²) in [5.74, 6) is 4.77. The van der Waals surface area contributed by atoms with Crippen LogP contribution in [0.1, 0.15) is 15.9 Å². The van der Waals surface area contributed by atoms with Crippen molar-refractivity contribution in [3.8, 4) is 17.6 Å². The number of alkyl halides is 1. The molecule has 5 nitrogen and oxygen atoms in total. The van der Waals surface area contributed by atoms with Gasteiger partial charge in [0.15, 0.2) is 6.29 Å². The maximum absolute atomic E-state index is 10.6. The van der Waals surface area contributed by atoms with Crippen LogP contribution < -0.4 is 0 Å². The van der Waals surface area contributed by atoms with E-state index in [0.29, 0.717) is 11.6 Å². The summed E-state index contributed by atoms with van der Waals surface area (Å²) in [6.45, 7) is 0. The zero-order valence-corrected chi connectivity index (χ0v) is 9.52. The summed E-state index contributed by atoms with van der Waals surface area (Å²) < 4.78 is 0. The molecule has 0 saturated carbocycles. The largest absolute Gasteiger partial charge is 0.506 e. The molecule has 0 aliphatic carbocycles. The normalized spacial score (nSPS) is 9.06. The van der Waals surface area contributed by atoms with Crippen molar-refractivity contribution in [2.75, 3.05) is 5.33 Å². The van der Waals surface area contributed by atoms with Crippen molar-refractivity contribution >= 4 is 27.9 Å². The fourth-order valence-electron chi connectivity index (χ4n) is 1.06. The summed E-state index contributed by atoms with van der Waals surface area (Å²) in [4.78, 5) is 20.5. The van der Waals surface area contributed by atoms with E-state index in [-0.39, 0.29) is 22.6 Å². The van der Waals surface area contributed by atoms with Gasteiger partial charge in [0.05, 0.1) is 21.4 Å². The third-order valence-corrected chi connectivity index (χ3v) is 2.03. The van der Waals surface area contributed by atoms with E-state index in [2.05, 4.69) is 27.8 Å². The molecule has 1 rings (SSSR count). The molecule has 0 atom stereocenters.